The van der Waals surface area contributed by atoms with Gasteiger partial charge in [-0.15, -0.1) is 11.3 Å². The Kier molecular flexibility index (Phi) is 4.44. The van der Waals surface area contributed by atoms with Crippen molar-refractivity contribution in [3.8, 4) is 0 Å². The van der Waals surface area contributed by atoms with Crippen molar-refractivity contribution in [1.82, 2.24) is 4.98 Å². The fraction of sp³-hybridized carbons (Fsp3) is 0.357. The number of halogens is 1. The van der Waals surface area contributed by atoms with Gasteiger partial charge in [-0.05, 0) is 31.0 Å². The first kappa shape index (κ1) is 13.2. The monoisotopic (exact) mass is 265 g/mol. The zero-order valence-electron chi connectivity index (χ0n) is 10.3. The van der Waals surface area contributed by atoms with Gasteiger partial charge >= 0.3 is 0 Å². The van der Waals surface area contributed by atoms with Crippen molar-refractivity contribution in [3.05, 3.63) is 51.2 Å². The van der Waals surface area contributed by atoms with Gasteiger partial charge in [0.15, 0.2) is 0 Å². The normalized spacial score (nSPS) is 10.8. The standard InChI is InChI=1S/C14H16FNOS/c1-10-13(8-9-17)18-14(16-10)7-4-11-2-5-12(15)6-3-11/h2-3,5-6,17H,4,7-9H2,1H3. The van der Waals surface area contributed by atoms with Crippen LogP contribution in [0.15, 0.2) is 24.3 Å². The molecule has 0 amide bonds. The summed E-state index contributed by atoms with van der Waals surface area (Å²) in [6, 6.07) is 6.59. The van der Waals surface area contributed by atoms with Gasteiger partial charge in [0.05, 0.1) is 10.7 Å². The number of aliphatic hydroxyl groups is 1. The van der Waals surface area contributed by atoms with Crippen LogP contribution in [0.3, 0.4) is 0 Å². The molecular formula is C14H16FNOS. The van der Waals surface area contributed by atoms with E-state index >= 15 is 0 Å². The van der Waals surface area contributed by atoms with Crippen molar-refractivity contribution in [2.75, 3.05) is 6.61 Å². The first-order valence-corrected chi connectivity index (χ1v) is 6.81. The molecule has 0 atom stereocenters. The minimum atomic E-state index is -0.200. The molecule has 0 fully saturated rings. The summed E-state index contributed by atoms with van der Waals surface area (Å²) in [5, 5.41) is 10.0. The van der Waals surface area contributed by atoms with E-state index in [-0.39, 0.29) is 12.4 Å². The van der Waals surface area contributed by atoms with Crippen molar-refractivity contribution in [2.45, 2.75) is 26.2 Å². The molecule has 0 aliphatic rings. The zero-order chi connectivity index (χ0) is 13.0. The number of rotatable bonds is 5. The van der Waals surface area contributed by atoms with Crippen molar-refractivity contribution in [3.63, 3.8) is 0 Å². The van der Waals surface area contributed by atoms with E-state index in [0.717, 1.165) is 34.0 Å². The quantitative estimate of drug-likeness (QED) is 0.901. The molecule has 0 aliphatic heterocycles. The Hall–Kier alpha value is -1.26. The van der Waals surface area contributed by atoms with Crippen molar-refractivity contribution < 1.29 is 9.50 Å². The molecule has 0 aliphatic carbocycles. The molecule has 4 heteroatoms. The lowest BCUT2D eigenvalue weighted by molar-refractivity contribution is 0.300. The topological polar surface area (TPSA) is 33.1 Å². The second-order valence-corrected chi connectivity index (χ2v) is 5.38. The Morgan fingerprint density at radius 3 is 2.56 bits per heavy atom. The van der Waals surface area contributed by atoms with E-state index in [1.807, 2.05) is 19.1 Å². The van der Waals surface area contributed by atoms with Crippen LogP contribution in [0.5, 0.6) is 0 Å². The van der Waals surface area contributed by atoms with Crippen LogP contribution in [-0.2, 0) is 19.3 Å². The van der Waals surface area contributed by atoms with Gasteiger partial charge in [-0.3, -0.25) is 0 Å². The SMILES string of the molecule is Cc1nc(CCc2ccc(F)cc2)sc1CCO. The van der Waals surface area contributed by atoms with Gasteiger partial charge in [0, 0.05) is 24.3 Å². The minimum Gasteiger partial charge on any atom is -0.396 e. The fourth-order valence-corrected chi connectivity index (χ4v) is 2.89. The second-order valence-electron chi connectivity index (χ2n) is 4.22. The summed E-state index contributed by atoms with van der Waals surface area (Å²) in [6.45, 7) is 2.14. The lowest BCUT2D eigenvalue weighted by atomic mass is 10.1. The minimum absolute atomic E-state index is 0.167. The Labute approximate surface area is 110 Å². The predicted octanol–water partition coefficient (Wildman–Crippen LogP) is 2.91. The van der Waals surface area contributed by atoms with Gasteiger partial charge in [-0.2, -0.15) is 0 Å². The highest BCUT2D eigenvalue weighted by molar-refractivity contribution is 7.11. The summed E-state index contributed by atoms with van der Waals surface area (Å²) in [7, 11) is 0. The van der Waals surface area contributed by atoms with E-state index in [9.17, 15) is 4.39 Å². The molecule has 0 saturated heterocycles. The molecule has 18 heavy (non-hydrogen) atoms. The summed E-state index contributed by atoms with van der Waals surface area (Å²) in [5.74, 6) is -0.200. The molecule has 0 unspecified atom stereocenters. The number of hydrogen-bond donors (Lipinski definition) is 1. The molecule has 0 bridgehead atoms. The van der Waals surface area contributed by atoms with Crippen LogP contribution in [0, 0.1) is 12.7 Å². The Morgan fingerprint density at radius 2 is 1.89 bits per heavy atom. The highest BCUT2D eigenvalue weighted by Crippen LogP contribution is 2.20. The van der Waals surface area contributed by atoms with Crippen molar-refractivity contribution >= 4 is 11.3 Å². The van der Waals surface area contributed by atoms with Crippen LogP contribution in [0.25, 0.3) is 0 Å². The summed E-state index contributed by atoms with van der Waals surface area (Å²) < 4.78 is 12.8. The third-order valence-corrected chi connectivity index (χ3v) is 4.09. The van der Waals surface area contributed by atoms with Crippen LogP contribution in [0.4, 0.5) is 4.39 Å². The smallest absolute Gasteiger partial charge is 0.123 e. The average Bonchev–Trinajstić information content (AvgIpc) is 2.70. The van der Waals surface area contributed by atoms with E-state index in [2.05, 4.69) is 4.98 Å². The summed E-state index contributed by atoms with van der Waals surface area (Å²) >= 11 is 1.66. The molecule has 2 rings (SSSR count). The van der Waals surface area contributed by atoms with Gasteiger partial charge in [0.2, 0.25) is 0 Å². The van der Waals surface area contributed by atoms with Gasteiger partial charge < -0.3 is 5.11 Å². The molecule has 0 saturated carbocycles. The molecule has 0 spiro atoms. The molecule has 0 radical (unpaired) electrons. The van der Waals surface area contributed by atoms with Gasteiger partial charge in [-0.1, -0.05) is 12.1 Å². The van der Waals surface area contributed by atoms with Crippen molar-refractivity contribution in [1.29, 1.82) is 0 Å². The van der Waals surface area contributed by atoms with E-state index < -0.39 is 0 Å². The number of thiazole rings is 1. The summed E-state index contributed by atoms with van der Waals surface area (Å²) in [6.07, 6.45) is 2.41. The molecule has 2 aromatic rings. The molecule has 2 nitrogen and oxygen atoms in total. The van der Waals surface area contributed by atoms with E-state index in [0.29, 0.717) is 6.42 Å². The molecule has 96 valence electrons. The Bertz CT molecular complexity index is 507. The first-order valence-electron chi connectivity index (χ1n) is 5.99. The number of benzene rings is 1. The van der Waals surface area contributed by atoms with E-state index in [1.54, 1.807) is 11.3 Å². The highest BCUT2D eigenvalue weighted by Gasteiger charge is 2.07. The maximum Gasteiger partial charge on any atom is 0.123 e. The maximum absolute atomic E-state index is 12.8. The Balaban J connectivity index is 1.97. The van der Waals surface area contributed by atoms with Gasteiger partial charge in [-0.25, -0.2) is 9.37 Å². The van der Waals surface area contributed by atoms with E-state index in [4.69, 9.17) is 5.11 Å². The molecular weight excluding hydrogens is 249 g/mol. The van der Waals surface area contributed by atoms with E-state index in [1.165, 1.54) is 12.1 Å². The van der Waals surface area contributed by atoms with Crippen molar-refractivity contribution in [2.24, 2.45) is 0 Å². The average molecular weight is 265 g/mol. The number of aromatic nitrogens is 1. The summed E-state index contributed by atoms with van der Waals surface area (Å²) in [5.41, 5.74) is 2.14. The third kappa shape index (κ3) is 3.37. The molecule has 1 aromatic carbocycles. The zero-order valence-corrected chi connectivity index (χ0v) is 11.1. The van der Waals surface area contributed by atoms with Crippen LogP contribution < -0.4 is 0 Å². The van der Waals surface area contributed by atoms with Crippen LogP contribution in [0.2, 0.25) is 0 Å². The van der Waals surface area contributed by atoms with Crippen LogP contribution >= 0.6 is 11.3 Å². The van der Waals surface area contributed by atoms with Crippen LogP contribution in [-0.4, -0.2) is 16.7 Å². The van der Waals surface area contributed by atoms with Gasteiger partial charge in [0.1, 0.15) is 5.82 Å². The summed E-state index contributed by atoms with van der Waals surface area (Å²) in [4.78, 5) is 5.65. The fourth-order valence-electron chi connectivity index (χ4n) is 1.83. The number of aryl methyl sites for hydroxylation is 3. The number of nitrogens with zero attached hydrogens (tertiary/aromatic N) is 1. The molecule has 1 aromatic heterocycles. The third-order valence-electron chi connectivity index (χ3n) is 2.82. The molecule has 1 heterocycles. The number of hydrogen-bond acceptors (Lipinski definition) is 3. The van der Waals surface area contributed by atoms with Gasteiger partial charge in [0.25, 0.3) is 0 Å². The Morgan fingerprint density at radius 1 is 1.17 bits per heavy atom. The lowest BCUT2D eigenvalue weighted by Gasteiger charge is -1.98. The number of aliphatic hydroxyl groups excluding tert-OH is 1. The highest BCUT2D eigenvalue weighted by atomic mass is 32.1. The lowest BCUT2D eigenvalue weighted by Crippen LogP contribution is -1.91. The van der Waals surface area contributed by atoms with Crippen LogP contribution in [0.1, 0.15) is 21.1 Å². The molecule has 1 N–H and O–H groups in total. The maximum atomic E-state index is 12.8. The second kappa shape index (κ2) is 6.07. The predicted molar refractivity (Wildman–Crippen MR) is 71.4 cm³/mol. The largest absolute Gasteiger partial charge is 0.396 e. The first-order chi connectivity index (χ1) is 8.69.